The zero-order chi connectivity index (χ0) is 27.1. The summed E-state index contributed by atoms with van der Waals surface area (Å²) in [6.45, 7) is 8.35. The summed E-state index contributed by atoms with van der Waals surface area (Å²) in [5.74, 6) is 0.260. The Bertz CT molecular complexity index is 1550. The number of rotatable bonds is 6. The molecule has 194 valence electrons. The van der Waals surface area contributed by atoms with Gasteiger partial charge in [0.25, 0.3) is 5.56 Å². The molecule has 9 heteroatoms. The van der Waals surface area contributed by atoms with Gasteiger partial charge in [0.2, 0.25) is 0 Å². The van der Waals surface area contributed by atoms with Gasteiger partial charge in [0.15, 0.2) is 0 Å². The van der Waals surface area contributed by atoms with E-state index in [9.17, 15) is 9.59 Å². The number of para-hydroxylation sites is 1. The van der Waals surface area contributed by atoms with Crippen LogP contribution in [0.2, 0.25) is 0 Å². The van der Waals surface area contributed by atoms with Crippen molar-refractivity contribution in [1.82, 2.24) is 9.97 Å². The lowest BCUT2D eigenvalue weighted by Crippen LogP contribution is -2.41. The molecule has 5 rings (SSSR count). The number of nitrogens with zero attached hydrogens (tertiary/aromatic N) is 1. The third-order valence-corrected chi connectivity index (χ3v) is 7.17. The summed E-state index contributed by atoms with van der Waals surface area (Å²) < 4.78 is 23.3. The average Bonchev–Trinajstić information content (AvgIpc) is 3.13. The third-order valence-electron chi connectivity index (χ3n) is 7.17. The fourth-order valence-corrected chi connectivity index (χ4v) is 4.21. The minimum Gasteiger partial charge on any atom is -0.488 e. The van der Waals surface area contributed by atoms with Crippen LogP contribution < -0.4 is 15.8 Å². The zero-order valence-electron chi connectivity index (χ0n) is 22.0. The van der Waals surface area contributed by atoms with E-state index in [1.165, 1.54) is 7.11 Å². The summed E-state index contributed by atoms with van der Waals surface area (Å²) in [6, 6.07) is 19.8. The second-order valence-corrected chi connectivity index (χ2v) is 10.3. The number of fused-ring (bicyclic) bond motifs is 1. The standard InChI is InChI=1S/C29H29BN2O6/c1-28(2)29(3,4)38-30(37-28)20-13-10-18(11-14-20)17-36-24-15-12-19(27(34)35-5)16-22(24)25-31-23-9-7-6-8-21(23)26(33)32-25/h6-16H,17H2,1-5H3,(H,31,32,33). The highest BCUT2D eigenvalue weighted by Gasteiger charge is 2.51. The monoisotopic (exact) mass is 512 g/mol. The maximum absolute atomic E-state index is 12.7. The predicted molar refractivity (Wildman–Crippen MR) is 146 cm³/mol. The Labute approximate surface area is 221 Å². The van der Waals surface area contributed by atoms with Gasteiger partial charge in [-0.2, -0.15) is 0 Å². The smallest absolute Gasteiger partial charge is 0.488 e. The number of H-pyrrole nitrogens is 1. The first-order valence-corrected chi connectivity index (χ1v) is 12.4. The molecule has 0 radical (unpaired) electrons. The molecule has 38 heavy (non-hydrogen) atoms. The van der Waals surface area contributed by atoms with Crippen molar-refractivity contribution in [2.24, 2.45) is 0 Å². The van der Waals surface area contributed by atoms with E-state index in [1.54, 1.807) is 36.4 Å². The molecule has 8 nitrogen and oxygen atoms in total. The van der Waals surface area contributed by atoms with Crippen molar-refractivity contribution >= 4 is 29.5 Å². The minimum atomic E-state index is -0.501. The van der Waals surface area contributed by atoms with Gasteiger partial charge in [-0.1, -0.05) is 36.4 Å². The van der Waals surface area contributed by atoms with Crippen molar-refractivity contribution in [2.45, 2.75) is 45.5 Å². The fraction of sp³-hybridized carbons (Fsp3) is 0.276. The molecular weight excluding hydrogens is 483 g/mol. The lowest BCUT2D eigenvalue weighted by molar-refractivity contribution is 0.00578. The number of aromatic amines is 1. The van der Waals surface area contributed by atoms with E-state index in [0.29, 0.717) is 33.6 Å². The highest BCUT2D eigenvalue weighted by Crippen LogP contribution is 2.36. The maximum atomic E-state index is 12.7. The van der Waals surface area contributed by atoms with Gasteiger partial charge in [-0.15, -0.1) is 0 Å². The van der Waals surface area contributed by atoms with E-state index in [1.807, 2.05) is 58.0 Å². The number of ether oxygens (including phenoxy) is 2. The van der Waals surface area contributed by atoms with Crippen LogP contribution in [0.4, 0.5) is 0 Å². The number of aromatic nitrogens is 2. The normalized spacial score (nSPS) is 16.0. The van der Waals surface area contributed by atoms with Crippen LogP contribution in [0.5, 0.6) is 5.75 Å². The van der Waals surface area contributed by atoms with Crippen molar-refractivity contribution in [1.29, 1.82) is 0 Å². The molecule has 0 atom stereocenters. The van der Waals surface area contributed by atoms with E-state index in [2.05, 4.69) is 9.97 Å². The second kappa shape index (κ2) is 9.74. The van der Waals surface area contributed by atoms with Crippen LogP contribution in [0.3, 0.4) is 0 Å². The molecule has 2 heterocycles. The zero-order valence-corrected chi connectivity index (χ0v) is 22.0. The Kier molecular flexibility index (Phi) is 6.59. The number of methoxy groups -OCH3 is 1. The van der Waals surface area contributed by atoms with Crippen molar-refractivity contribution < 1.29 is 23.6 Å². The van der Waals surface area contributed by atoms with E-state index >= 15 is 0 Å². The number of hydrogen-bond acceptors (Lipinski definition) is 7. The molecule has 0 bridgehead atoms. The molecule has 1 N–H and O–H groups in total. The third kappa shape index (κ3) is 4.82. The Balaban J connectivity index is 1.41. The van der Waals surface area contributed by atoms with Crippen LogP contribution in [0.15, 0.2) is 71.5 Å². The van der Waals surface area contributed by atoms with E-state index in [0.717, 1.165) is 11.0 Å². The van der Waals surface area contributed by atoms with Crippen molar-refractivity contribution in [3.63, 3.8) is 0 Å². The number of hydrogen-bond donors (Lipinski definition) is 1. The second-order valence-electron chi connectivity index (χ2n) is 10.3. The van der Waals surface area contributed by atoms with Crippen LogP contribution in [0.25, 0.3) is 22.3 Å². The molecule has 1 saturated heterocycles. The molecule has 3 aromatic carbocycles. The molecule has 0 unspecified atom stereocenters. The largest absolute Gasteiger partial charge is 0.494 e. The molecular formula is C29H29BN2O6. The molecule has 1 aliphatic rings. The van der Waals surface area contributed by atoms with E-state index in [4.69, 9.17) is 18.8 Å². The summed E-state index contributed by atoms with van der Waals surface area (Å²) in [5, 5.41) is 0.477. The predicted octanol–water partition coefficient (Wildman–Crippen LogP) is 4.25. The van der Waals surface area contributed by atoms with Gasteiger partial charge in [-0.25, -0.2) is 9.78 Å². The fourth-order valence-electron chi connectivity index (χ4n) is 4.21. The van der Waals surface area contributed by atoms with Gasteiger partial charge < -0.3 is 23.8 Å². The number of carbonyl (C=O) groups excluding carboxylic acids is 1. The highest BCUT2D eigenvalue weighted by atomic mass is 16.7. The lowest BCUT2D eigenvalue weighted by Gasteiger charge is -2.32. The molecule has 1 fully saturated rings. The summed E-state index contributed by atoms with van der Waals surface area (Å²) >= 11 is 0. The maximum Gasteiger partial charge on any atom is 0.494 e. The van der Waals surface area contributed by atoms with Gasteiger partial charge in [0.05, 0.1) is 40.3 Å². The van der Waals surface area contributed by atoms with Gasteiger partial charge in [-0.05, 0) is 69.1 Å². The number of carbonyl (C=O) groups is 1. The quantitative estimate of drug-likeness (QED) is 0.305. The van der Waals surface area contributed by atoms with Gasteiger partial charge >= 0.3 is 13.1 Å². The lowest BCUT2D eigenvalue weighted by atomic mass is 9.79. The van der Waals surface area contributed by atoms with Crippen LogP contribution in [-0.2, 0) is 20.7 Å². The van der Waals surface area contributed by atoms with Crippen LogP contribution in [0, 0.1) is 0 Å². The molecule has 4 aromatic rings. The number of esters is 1. The number of nitrogens with one attached hydrogen (secondary N) is 1. The topological polar surface area (TPSA) is 99.7 Å². The van der Waals surface area contributed by atoms with Gasteiger partial charge in [0.1, 0.15) is 18.2 Å². The van der Waals surface area contributed by atoms with Gasteiger partial charge in [-0.3, -0.25) is 4.79 Å². The van der Waals surface area contributed by atoms with Crippen molar-refractivity contribution in [2.75, 3.05) is 7.11 Å². The Morgan fingerprint density at radius 1 is 0.974 bits per heavy atom. The van der Waals surface area contributed by atoms with Crippen molar-refractivity contribution in [3.8, 4) is 17.1 Å². The van der Waals surface area contributed by atoms with E-state index in [-0.39, 0.29) is 12.2 Å². The van der Waals surface area contributed by atoms with Crippen molar-refractivity contribution in [3.05, 3.63) is 88.2 Å². The van der Waals surface area contributed by atoms with Crippen LogP contribution in [0.1, 0.15) is 43.6 Å². The summed E-state index contributed by atoms with van der Waals surface area (Å²) in [5.41, 5.74) is 2.08. The molecule has 0 spiro atoms. The first-order chi connectivity index (χ1) is 18.1. The molecule has 0 aliphatic carbocycles. The number of benzene rings is 3. The molecule has 0 amide bonds. The Hall–Kier alpha value is -3.95. The van der Waals surface area contributed by atoms with Crippen LogP contribution in [-0.4, -0.2) is 41.4 Å². The summed E-state index contributed by atoms with van der Waals surface area (Å²) in [4.78, 5) is 32.4. The van der Waals surface area contributed by atoms with Gasteiger partial charge in [0, 0.05) is 0 Å². The molecule has 0 saturated carbocycles. The van der Waals surface area contributed by atoms with Crippen LogP contribution >= 0.6 is 0 Å². The SMILES string of the molecule is COC(=O)c1ccc(OCc2ccc(B3OC(C)(C)C(C)(C)O3)cc2)c(-c2nc3ccccc3c(=O)[nH]2)c1. The summed E-state index contributed by atoms with van der Waals surface area (Å²) in [6.07, 6.45) is 0. The summed E-state index contributed by atoms with van der Waals surface area (Å²) in [7, 11) is 0.874. The molecule has 1 aromatic heterocycles. The average molecular weight is 512 g/mol. The first-order valence-electron chi connectivity index (χ1n) is 12.4. The first kappa shape index (κ1) is 25.7. The van der Waals surface area contributed by atoms with E-state index < -0.39 is 24.3 Å². The minimum absolute atomic E-state index is 0.256. The Morgan fingerprint density at radius 3 is 2.34 bits per heavy atom. The highest BCUT2D eigenvalue weighted by molar-refractivity contribution is 6.62. The Morgan fingerprint density at radius 2 is 1.66 bits per heavy atom. The molecule has 1 aliphatic heterocycles.